The maximum Gasteiger partial charge on any atom is 1.00 e. The molecule has 1 heterocycles. The molecule has 4 nitrogen and oxygen atoms in total. The number of hydrogen-bond acceptors (Lipinski definition) is 4. The van der Waals surface area contributed by atoms with E-state index in [1.807, 2.05) is 0 Å². The predicted octanol–water partition coefficient (Wildman–Crippen LogP) is 0.566. The van der Waals surface area contributed by atoms with Crippen LogP contribution in [0.15, 0.2) is 0 Å². The van der Waals surface area contributed by atoms with Gasteiger partial charge in [-0.25, -0.2) is 0 Å². The smallest absolute Gasteiger partial charge is 1.00 e. The Kier molecular flexibility index (Phi) is 14.5. The van der Waals surface area contributed by atoms with Crippen LogP contribution >= 0.6 is 7.80 Å². The average Bonchev–Trinajstić information content (AvgIpc) is 3.22. The van der Waals surface area contributed by atoms with Crippen LogP contribution in [0.5, 0.6) is 0 Å². The van der Waals surface area contributed by atoms with E-state index in [2.05, 4.69) is 13.8 Å². The molecule has 0 aromatic heterocycles. The first-order valence-electron chi connectivity index (χ1n) is 7.31. The van der Waals surface area contributed by atoms with Crippen molar-refractivity contribution >= 4 is 19.4 Å². The van der Waals surface area contributed by atoms with Crippen molar-refractivity contribution in [3.8, 4) is 0 Å². The van der Waals surface area contributed by atoms with Crippen molar-refractivity contribution in [3.05, 3.63) is 0 Å². The van der Waals surface area contributed by atoms with Crippen molar-refractivity contribution in [3.63, 3.8) is 0 Å². The fourth-order valence-electron chi connectivity index (χ4n) is 1.81. The number of hydrogen-bond donors (Lipinski definition) is 0. The predicted molar refractivity (Wildman–Crippen MR) is 82.8 cm³/mol. The second-order valence-corrected chi connectivity index (χ2v) is 7.04. The van der Waals surface area contributed by atoms with Crippen LogP contribution < -0.4 is 29.6 Å². The van der Waals surface area contributed by atoms with Gasteiger partial charge in [0.25, 0.3) is 0 Å². The largest absolute Gasteiger partial charge is 1.00 e. The first-order chi connectivity index (χ1) is 9.31. The summed E-state index contributed by atoms with van der Waals surface area (Å²) < 4.78 is 15.0. The molecule has 1 aliphatic heterocycles. The summed E-state index contributed by atoms with van der Waals surface area (Å²) in [5, 5.41) is 0. The molecule has 0 spiro atoms. The van der Waals surface area contributed by atoms with Crippen molar-refractivity contribution in [2.24, 2.45) is 11.8 Å². The molecule has 0 aromatic rings. The van der Waals surface area contributed by atoms with Crippen LogP contribution in [0.4, 0.5) is 0 Å². The Bertz CT molecular complexity index is 336. The number of Topliss-reactive ketones (excluding diaryl/α,β-unsaturated/α-hetero) is 2. The first kappa shape index (κ1) is 23.7. The molecule has 1 aliphatic carbocycles. The minimum Gasteiger partial charge on any atom is -1.00 e. The average molecular weight is 327 g/mol. The number of carbonyl (C=O) groups is 2. The van der Waals surface area contributed by atoms with Gasteiger partial charge < -0.3 is 6.16 Å². The van der Waals surface area contributed by atoms with Gasteiger partial charge in [0.15, 0.2) is 5.78 Å². The molecule has 2 aliphatic rings. The van der Waals surface area contributed by atoms with Gasteiger partial charge in [-0.2, -0.15) is 0 Å². The SMILES string of the molecule is CC(=O)C[P+](C)=O.CC[C@@H]1C[C@H]1C(C)=O.CC[C@H]1CO1.[H-].[Na+]. The van der Waals surface area contributed by atoms with Gasteiger partial charge in [-0.1, -0.05) is 24.8 Å². The van der Waals surface area contributed by atoms with E-state index in [0.29, 0.717) is 17.8 Å². The molecule has 21 heavy (non-hydrogen) atoms. The summed E-state index contributed by atoms with van der Waals surface area (Å²) >= 11 is 0. The van der Waals surface area contributed by atoms with Gasteiger partial charge in [-0.15, -0.1) is 0 Å². The number of epoxide rings is 1. The van der Waals surface area contributed by atoms with Gasteiger partial charge in [0, 0.05) is 5.92 Å². The van der Waals surface area contributed by atoms with Crippen molar-refractivity contribution in [1.82, 2.24) is 0 Å². The molecule has 4 atom stereocenters. The molecule has 6 heteroatoms. The van der Waals surface area contributed by atoms with Gasteiger partial charge >= 0.3 is 37.4 Å². The fourth-order valence-corrected chi connectivity index (χ4v) is 2.44. The number of ether oxygens (including phenoxy) is 1. The van der Waals surface area contributed by atoms with Gasteiger partial charge in [-0.05, 0) is 32.6 Å². The molecule has 2 rings (SSSR count). The number of rotatable bonds is 5. The molecule has 1 unspecified atom stereocenters. The molecule has 0 amide bonds. The van der Waals surface area contributed by atoms with Gasteiger partial charge in [0.1, 0.15) is 12.4 Å². The van der Waals surface area contributed by atoms with E-state index in [1.54, 1.807) is 13.6 Å². The summed E-state index contributed by atoms with van der Waals surface area (Å²) in [5.41, 5.74) is 0. The quantitative estimate of drug-likeness (QED) is 0.421. The van der Waals surface area contributed by atoms with E-state index in [9.17, 15) is 14.2 Å². The van der Waals surface area contributed by atoms with Crippen LogP contribution in [-0.2, 0) is 18.9 Å². The Hall–Kier alpha value is 0.400. The zero-order valence-corrected chi connectivity index (χ0v) is 17.2. The standard InChI is InChI=1S/C7H12O.C4H8O2P.C4H8O.Na.H/c1-3-6-4-7(6)5(2)8;1-4(5)3-7(2)6;1-2-4-3-5-4;;/h6-7H,3-4H2,1-2H3;3H2,1-2H3;4H,2-3H2,1H3;;/q;+1;;+1;-1/t6-,7+;;4-;;/m1.0../s1. The van der Waals surface area contributed by atoms with Crippen LogP contribution in [0, 0.1) is 11.8 Å². The normalized spacial score (nSPS) is 25.0. The van der Waals surface area contributed by atoms with E-state index in [0.717, 1.165) is 18.9 Å². The Balaban J connectivity index is -0.000000240. The molecule has 0 N–H and O–H groups in total. The Morgan fingerprint density at radius 1 is 1.24 bits per heavy atom. The summed E-state index contributed by atoms with van der Waals surface area (Å²) in [6.07, 6.45) is 4.40. The number of ketones is 2. The fraction of sp³-hybridized carbons (Fsp3) is 0.867. The van der Waals surface area contributed by atoms with Crippen LogP contribution in [0.3, 0.4) is 0 Å². The zero-order valence-electron chi connectivity index (χ0n) is 15.3. The van der Waals surface area contributed by atoms with E-state index >= 15 is 0 Å². The van der Waals surface area contributed by atoms with E-state index < -0.39 is 7.80 Å². The van der Waals surface area contributed by atoms with Crippen LogP contribution in [0.2, 0.25) is 0 Å². The molecule has 0 aromatic carbocycles. The van der Waals surface area contributed by atoms with Gasteiger partial charge in [0.2, 0.25) is 6.16 Å². The monoisotopic (exact) mass is 327 g/mol. The molecule has 2 fully saturated rings. The molecule has 0 radical (unpaired) electrons. The molecule has 0 bridgehead atoms. The van der Waals surface area contributed by atoms with E-state index in [4.69, 9.17) is 4.74 Å². The summed E-state index contributed by atoms with van der Waals surface area (Å²) in [4.78, 5) is 20.6. The second kappa shape index (κ2) is 12.9. The third-order valence-electron chi connectivity index (χ3n) is 3.27. The minimum absolute atomic E-state index is 0. The van der Waals surface area contributed by atoms with Gasteiger partial charge in [0.05, 0.1) is 12.7 Å². The van der Waals surface area contributed by atoms with E-state index in [1.165, 1.54) is 19.8 Å². The third kappa shape index (κ3) is 15.1. The minimum atomic E-state index is -1.24. The number of carbonyl (C=O) groups excluding carboxylic acids is 2. The maximum absolute atomic E-state index is 10.6. The van der Waals surface area contributed by atoms with Gasteiger partial charge in [-0.3, -0.25) is 9.59 Å². The zero-order chi connectivity index (χ0) is 15.7. The van der Waals surface area contributed by atoms with Crippen LogP contribution in [-0.4, -0.2) is 37.1 Å². The molecule has 118 valence electrons. The van der Waals surface area contributed by atoms with Crippen molar-refractivity contribution in [2.75, 3.05) is 19.4 Å². The van der Waals surface area contributed by atoms with Crippen molar-refractivity contribution < 1.29 is 49.9 Å². The topological polar surface area (TPSA) is 63.7 Å². The summed E-state index contributed by atoms with van der Waals surface area (Å²) in [6, 6.07) is 0. The molecule has 1 saturated heterocycles. The maximum atomic E-state index is 10.6. The van der Waals surface area contributed by atoms with Crippen LogP contribution in [0.25, 0.3) is 0 Å². The third-order valence-corrected chi connectivity index (χ3v) is 4.16. The Morgan fingerprint density at radius 3 is 1.81 bits per heavy atom. The Morgan fingerprint density at radius 2 is 1.76 bits per heavy atom. The first-order valence-corrected chi connectivity index (χ1v) is 9.20. The Labute approximate surface area is 153 Å². The summed E-state index contributed by atoms with van der Waals surface area (Å²) in [7, 11) is -1.24. The van der Waals surface area contributed by atoms with E-state index in [-0.39, 0.29) is 42.9 Å². The van der Waals surface area contributed by atoms with Crippen LogP contribution in [0.1, 0.15) is 48.4 Å². The second-order valence-electron chi connectivity index (χ2n) is 5.47. The molecular weight excluding hydrogens is 298 g/mol. The summed E-state index contributed by atoms with van der Waals surface area (Å²) in [5.74, 6) is 1.58. The summed E-state index contributed by atoms with van der Waals surface area (Å²) in [6.45, 7) is 9.98. The molecule has 1 saturated carbocycles. The van der Waals surface area contributed by atoms with Crippen molar-refractivity contribution in [1.29, 1.82) is 0 Å². The van der Waals surface area contributed by atoms with Crippen molar-refractivity contribution in [2.45, 2.75) is 53.1 Å². The molecular formula is C15H29NaO4P+.